The number of carbonyl (C=O) groups is 1. The molecule has 0 spiro atoms. The van der Waals surface area contributed by atoms with Crippen molar-refractivity contribution in [3.63, 3.8) is 0 Å². The third-order valence-electron chi connectivity index (χ3n) is 3.14. The largest absolute Gasteiger partial charge is 0.338 e. The number of amides is 1. The minimum atomic E-state index is 0.323. The van der Waals surface area contributed by atoms with Crippen molar-refractivity contribution in [3.05, 3.63) is 35.9 Å². The van der Waals surface area contributed by atoms with Crippen molar-refractivity contribution < 1.29 is 4.79 Å². The van der Waals surface area contributed by atoms with Crippen LogP contribution in [-0.2, 0) is 11.3 Å². The van der Waals surface area contributed by atoms with Gasteiger partial charge in [-0.15, -0.1) is 0 Å². The van der Waals surface area contributed by atoms with E-state index in [0.717, 1.165) is 32.4 Å². The van der Waals surface area contributed by atoms with Gasteiger partial charge in [-0.25, -0.2) is 0 Å². The summed E-state index contributed by atoms with van der Waals surface area (Å²) in [6, 6.07) is 10.3. The van der Waals surface area contributed by atoms with Crippen LogP contribution >= 0.6 is 0 Å². The highest BCUT2D eigenvalue weighted by atomic mass is 16.2. The smallest absolute Gasteiger partial charge is 0.222 e. The molecular formula is C14H19NO. The first-order valence-electron chi connectivity index (χ1n) is 6.18. The summed E-state index contributed by atoms with van der Waals surface area (Å²) in [5.41, 5.74) is 1.23. The van der Waals surface area contributed by atoms with Crippen LogP contribution < -0.4 is 0 Å². The second-order valence-electron chi connectivity index (χ2n) is 4.47. The second-order valence-corrected chi connectivity index (χ2v) is 4.47. The van der Waals surface area contributed by atoms with Crippen molar-refractivity contribution in [2.45, 2.75) is 38.6 Å². The van der Waals surface area contributed by atoms with Crippen molar-refractivity contribution in [2.75, 3.05) is 6.54 Å². The Morgan fingerprint density at radius 2 is 1.75 bits per heavy atom. The molecule has 0 radical (unpaired) electrons. The van der Waals surface area contributed by atoms with E-state index in [-0.39, 0.29) is 0 Å². The summed E-state index contributed by atoms with van der Waals surface area (Å²) in [7, 11) is 0. The highest BCUT2D eigenvalue weighted by Gasteiger charge is 2.15. The Balaban J connectivity index is 1.98. The third-order valence-corrected chi connectivity index (χ3v) is 3.14. The van der Waals surface area contributed by atoms with Crippen LogP contribution in [0.15, 0.2) is 30.3 Å². The lowest BCUT2D eigenvalue weighted by molar-refractivity contribution is -0.132. The quantitative estimate of drug-likeness (QED) is 0.745. The number of carbonyl (C=O) groups excluding carboxylic acids is 1. The van der Waals surface area contributed by atoms with Crippen molar-refractivity contribution in [1.29, 1.82) is 0 Å². The van der Waals surface area contributed by atoms with Crippen molar-refractivity contribution in [1.82, 2.24) is 4.90 Å². The number of rotatable bonds is 2. The van der Waals surface area contributed by atoms with Crippen molar-refractivity contribution >= 4 is 5.91 Å². The standard InChI is InChI=1S/C14H19NO/c16-14-10-6-1-2-7-11-15(14)12-13-8-4-3-5-9-13/h3-5,8-9H,1-2,6-7,10-12H2. The molecule has 1 saturated heterocycles. The first-order chi connectivity index (χ1) is 7.86. The molecule has 0 saturated carbocycles. The molecule has 1 aromatic carbocycles. The van der Waals surface area contributed by atoms with Gasteiger partial charge in [0.2, 0.25) is 5.91 Å². The maximum atomic E-state index is 11.9. The monoisotopic (exact) mass is 217 g/mol. The zero-order chi connectivity index (χ0) is 11.2. The molecule has 0 unspecified atom stereocenters. The van der Waals surface area contributed by atoms with Gasteiger partial charge in [0.15, 0.2) is 0 Å². The maximum absolute atomic E-state index is 11.9. The van der Waals surface area contributed by atoms with E-state index in [1.165, 1.54) is 18.4 Å². The van der Waals surface area contributed by atoms with Gasteiger partial charge >= 0.3 is 0 Å². The molecule has 2 nitrogen and oxygen atoms in total. The lowest BCUT2D eigenvalue weighted by Gasteiger charge is -2.24. The summed E-state index contributed by atoms with van der Waals surface area (Å²) in [4.78, 5) is 13.9. The van der Waals surface area contributed by atoms with E-state index < -0.39 is 0 Å². The molecular weight excluding hydrogens is 198 g/mol. The molecule has 2 heteroatoms. The van der Waals surface area contributed by atoms with Crippen LogP contribution in [0.2, 0.25) is 0 Å². The van der Waals surface area contributed by atoms with E-state index in [1.54, 1.807) is 0 Å². The molecule has 0 atom stereocenters. The van der Waals surface area contributed by atoms with Crippen molar-refractivity contribution in [2.24, 2.45) is 0 Å². The van der Waals surface area contributed by atoms with Crippen LogP contribution in [-0.4, -0.2) is 17.4 Å². The average Bonchev–Trinajstić information content (AvgIpc) is 2.30. The molecule has 0 aliphatic carbocycles. The minimum absolute atomic E-state index is 0.323. The summed E-state index contributed by atoms with van der Waals surface area (Å²) in [5.74, 6) is 0.323. The Morgan fingerprint density at radius 1 is 1.00 bits per heavy atom. The Kier molecular flexibility index (Phi) is 3.97. The molecule has 1 aliphatic heterocycles. The third kappa shape index (κ3) is 3.09. The Hall–Kier alpha value is -1.31. The SMILES string of the molecule is O=C1CCCCCCN1Cc1ccccc1. The van der Waals surface area contributed by atoms with Crippen LogP contribution in [0.3, 0.4) is 0 Å². The van der Waals surface area contributed by atoms with Gasteiger partial charge < -0.3 is 4.90 Å². The predicted octanol–water partition coefficient (Wildman–Crippen LogP) is 2.98. The zero-order valence-electron chi connectivity index (χ0n) is 9.69. The van der Waals surface area contributed by atoms with Crippen LogP contribution in [0.25, 0.3) is 0 Å². The predicted molar refractivity (Wildman–Crippen MR) is 64.9 cm³/mol. The highest BCUT2D eigenvalue weighted by molar-refractivity contribution is 5.76. The van der Waals surface area contributed by atoms with Gasteiger partial charge in [-0.1, -0.05) is 43.2 Å². The van der Waals surface area contributed by atoms with Gasteiger partial charge in [0.05, 0.1) is 0 Å². The molecule has 0 N–H and O–H groups in total. The maximum Gasteiger partial charge on any atom is 0.222 e. The molecule has 1 aliphatic rings. The molecule has 2 rings (SSSR count). The van der Waals surface area contributed by atoms with E-state index >= 15 is 0 Å². The summed E-state index contributed by atoms with van der Waals surface area (Å²) in [5, 5.41) is 0. The number of benzene rings is 1. The fraction of sp³-hybridized carbons (Fsp3) is 0.500. The molecule has 0 aromatic heterocycles. The first kappa shape index (κ1) is 11.2. The summed E-state index contributed by atoms with van der Waals surface area (Å²) in [6.07, 6.45) is 5.42. The van der Waals surface area contributed by atoms with Crippen LogP contribution in [0.1, 0.15) is 37.7 Å². The van der Waals surface area contributed by atoms with Gasteiger partial charge in [-0.2, -0.15) is 0 Å². The number of hydrogen-bond acceptors (Lipinski definition) is 1. The number of likely N-dealkylation sites (tertiary alicyclic amines) is 1. The zero-order valence-corrected chi connectivity index (χ0v) is 9.69. The highest BCUT2D eigenvalue weighted by Crippen LogP contribution is 2.14. The minimum Gasteiger partial charge on any atom is -0.338 e. The van der Waals surface area contributed by atoms with Crippen LogP contribution in [0.4, 0.5) is 0 Å². The van der Waals surface area contributed by atoms with E-state index in [2.05, 4.69) is 12.1 Å². The Labute approximate surface area is 97.3 Å². The summed E-state index contributed by atoms with van der Waals surface area (Å²) >= 11 is 0. The first-order valence-corrected chi connectivity index (χ1v) is 6.18. The average molecular weight is 217 g/mol. The van der Waals surface area contributed by atoms with Gasteiger partial charge in [-0.05, 0) is 18.4 Å². The fourth-order valence-corrected chi connectivity index (χ4v) is 2.19. The lowest BCUT2D eigenvalue weighted by atomic mass is 10.1. The van der Waals surface area contributed by atoms with Crippen LogP contribution in [0.5, 0.6) is 0 Å². The molecule has 1 aromatic rings. The molecule has 1 heterocycles. The van der Waals surface area contributed by atoms with Crippen molar-refractivity contribution in [3.8, 4) is 0 Å². The van der Waals surface area contributed by atoms with Gasteiger partial charge in [0.25, 0.3) is 0 Å². The summed E-state index contributed by atoms with van der Waals surface area (Å²) < 4.78 is 0. The van der Waals surface area contributed by atoms with Crippen LogP contribution in [0, 0.1) is 0 Å². The fourth-order valence-electron chi connectivity index (χ4n) is 2.19. The van der Waals surface area contributed by atoms with Gasteiger partial charge in [-0.3, -0.25) is 4.79 Å². The second kappa shape index (κ2) is 5.69. The normalized spacial score (nSPS) is 18.0. The molecule has 16 heavy (non-hydrogen) atoms. The number of nitrogens with zero attached hydrogens (tertiary/aromatic N) is 1. The summed E-state index contributed by atoms with van der Waals surface area (Å²) in [6.45, 7) is 1.70. The van der Waals surface area contributed by atoms with E-state index in [1.807, 2.05) is 23.1 Å². The molecule has 0 bridgehead atoms. The molecule has 86 valence electrons. The van der Waals surface area contributed by atoms with E-state index in [0.29, 0.717) is 5.91 Å². The Morgan fingerprint density at radius 3 is 2.56 bits per heavy atom. The van der Waals surface area contributed by atoms with E-state index in [4.69, 9.17) is 0 Å². The molecule has 1 amide bonds. The van der Waals surface area contributed by atoms with E-state index in [9.17, 15) is 4.79 Å². The molecule has 1 fully saturated rings. The lowest BCUT2D eigenvalue weighted by Crippen LogP contribution is -2.32. The Bertz CT molecular complexity index is 334. The number of hydrogen-bond donors (Lipinski definition) is 0. The van der Waals surface area contributed by atoms with Gasteiger partial charge in [0, 0.05) is 19.5 Å². The topological polar surface area (TPSA) is 20.3 Å². The van der Waals surface area contributed by atoms with Gasteiger partial charge in [0.1, 0.15) is 0 Å².